The van der Waals surface area contributed by atoms with Gasteiger partial charge >= 0.3 is 183 Å². The second-order valence-electron chi connectivity index (χ2n) is 6.67. The Labute approximate surface area is 182 Å². The molecule has 0 saturated carbocycles. The van der Waals surface area contributed by atoms with Gasteiger partial charge in [-0.3, -0.25) is 0 Å². The normalized spacial score (nSPS) is 14.9. The number of alkyl halides is 3. The first-order valence-corrected chi connectivity index (χ1v) is 11.3. The van der Waals surface area contributed by atoms with Crippen molar-refractivity contribution in [3.8, 4) is 17.1 Å². The van der Waals surface area contributed by atoms with Crippen LogP contribution < -0.4 is 18.5 Å². The standard InChI is InChI=1S/C21H17AsF4N3O2/c23-16-5-1-14(2-6-16)20-27-18(13-19(28-20)29-9-11-30-12-10-29)22-15-3-7-17(8-4-15)31-21(24,25)26/h1-8,13H,9-12H2. The summed E-state index contributed by atoms with van der Waals surface area (Å²) >= 11 is -0.618. The van der Waals surface area contributed by atoms with Gasteiger partial charge in [0.15, 0.2) is 0 Å². The summed E-state index contributed by atoms with van der Waals surface area (Å²) in [6.45, 7) is 2.58. The van der Waals surface area contributed by atoms with E-state index < -0.39 is 22.1 Å². The van der Waals surface area contributed by atoms with Crippen LogP contribution in [0.25, 0.3) is 11.4 Å². The molecule has 31 heavy (non-hydrogen) atoms. The van der Waals surface area contributed by atoms with Crippen LogP contribution in [0.4, 0.5) is 23.4 Å². The van der Waals surface area contributed by atoms with E-state index in [1.54, 1.807) is 24.3 Å². The van der Waals surface area contributed by atoms with Gasteiger partial charge in [0, 0.05) is 0 Å². The Balaban J connectivity index is 1.62. The molecule has 10 heteroatoms. The Morgan fingerprint density at radius 2 is 1.61 bits per heavy atom. The second kappa shape index (κ2) is 9.24. The summed E-state index contributed by atoms with van der Waals surface area (Å²) in [4.78, 5) is 11.4. The summed E-state index contributed by atoms with van der Waals surface area (Å²) in [7, 11) is 0. The van der Waals surface area contributed by atoms with Crippen LogP contribution in [0, 0.1) is 5.82 Å². The minimum atomic E-state index is -4.72. The van der Waals surface area contributed by atoms with Gasteiger partial charge in [-0.1, -0.05) is 0 Å². The number of aromatic nitrogens is 2. The van der Waals surface area contributed by atoms with Gasteiger partial charge in [0.1, 0.15) is 0 Å². The van der Waals surface area contributed by atoms with Crippen LogP contribution in [0.1, 0.15) is 0 Å². The molecule has 1 aliphatic rings. The van der Waals surface area contributed by atoms with Crippen LogP contribution in [0.2, 0.25) is 0 Å². The Bertz CT molecular complexity index is 1020. The molecule has 1 fully saturated rings. The molecule has 1 aromatic heterocycles. The quantitative estimate of drug-likeness (QED) is 0.404. The summed E-state index contributed by atoms with van der Waals surface area (Å²) in [6.07, 6.45) is -4.72. The first-order valence-electron chi connectivity index (χ1n) is 9.41. The summed E-state index contributed by atoms with van der Waals surface area (Å²) in [5, 5.41) is 0. The predicted octanol–water partition coefficient (Wildman–Crippen LogP) is 2.67. The van der Waals surface area contributed by atoms with Crippen molar-refractivity contribution in [2.75, 3.05) is 31.2 Å². The first kappa shape index (κ1) is 21.6. The Hall–Kier alpha value is -2.64. The maximum atomic E-state index is 13.3. The molecule has 0 unspecified atom stereocenters. The molecule has 1 aliphatic heterocycles. The third-order valence-corrected chi connectivity index (χ3v) is 6.58. The number of hydrogen-bond donors (Lipinski definition) is 0. The van der Waals surface area contributed by atoms with Crippen molar-refractivity contribution in [2.24, 2.45) is 0 Å². The summed E-state index contributed by atoms with van der Waals surface area (Å²) in [5.41, 5.74) is 0.688. The van der Waals surface area contributed by atoms with Crippen molar-refractivity contribution in [1.29, 1.82) is 0 Å². The second-order valence-corrected chi connectivity index (χ2v) is 9.18. The molecule has 0 bridgehead atoms. The van der Waals surface area contributed by atoms with Gasteiger partial charge in [-0.2, -0.15) is 0 Å². The summed E-state index contributed by atoms with van der Waals surface area (Å²) in [5.74, 6) is 0.619. The average molecular weight is 494 g/mol. The third kappa shape index (κ3) is 5.95. The van der Waals surface area contributed by atoms with Crippen molar-refractivity contribution >= 4 is 30.4 Å². The van der Waals surface area contributed by atoms with Gasteiger partial charge in [-0.25, -0.2) is 0 Å². The molecule has 4 rings (SSSR count). The number of morpholine rings is 1. The van der Waals surface area contributed by atoms with Gasteiger partial charge in [0.2, 0.25) is 0 Å². The number of ether oxygens (including phenoxy) is 2. The van der Waals surface area contributed by atoms with E-state index >= 15 is 0 Å². The van der Waals surface area contributed by atoms with Gasteiger partial charge < -0.3 is 0 Å². The van der Waals surface area contributed by atoms with Crippen molar-refractivity contribution in [3.63, 3.8) is 0 Å². The molecule has 161 valence electrons. The monoisotopic (exact) mass is 494 g/mol. The number of anilines is 1. The molecule has 2 aromatic carbocycles. The first-order chi connectivity index (χ1) is 14.9. The van der Waals surface area contributed by atoms with E-state index in [-0.39, 0.29) is 11.6 Å². The van der Waals surface area contributed by atoms with Crippen LogP contribution in [0.15, 0.2) is 54.6 Å². The summed E-state index contributed by atoms with van der Waals surface area (Å²) < 4.78 is 61.4. The number of nitrogens with zero attached hydrogens (tertiary/aromatic N) is 3. The molecule has 0 amide bonds. The van der Waals surface area contributed by atoms with Crippen molar-refractivity contribution in [1.82, 2.24) is 9.97 Å². The number of rotatable bonds is 5. The third-order valence-electron chi connectivity index (χ3n) is 4.45. The molecule has 2 heterocycles. The Morgan fingerprint density at radius 1 is 0.935 bits per heavy atom. The van der Waals surface area contributed by atoms with E-state index in [1.807, 2.05) is 6.07 Å². The zero-order valence-corrected chi connectivity index (χ0v) is 18.0. The molecular weight excluding hydrogens is 477 g/mol. The van der Waals surface area contributed by atoms with Gasteiger partial charge in [0.05, 0.1) is 0 Å². The van der Waals surface area contributed by atoms with Crippen LogP contribution in [-0.4, -0.2) is 58.4 Å². The molecular formula is C21H17AsF4N3O2. The predicted molar refractivity (Wildman–Crippen MR) is 109 cm³/mol. The van der Waals surface area contributed by atoms with E-state index in [1.165, 1.54) is 24.3 Å². The Morgan fingerprint density at radius 3 is 2.26 bits per heavy atom. The fourth-order valence-electron chi connectivity index (χ4n) is 3.02. The molecule has 0 N–H and O–H groups in total. The van der Waals surface area contributed by atoms with Crippen molar-refractivity contribution in [3.05, 3.63) is 60.4 Å². The van der Waals surface area contributed by atoms with E-state index in [4.69, 9.17) is 4.74 Å². The number of halogens is 4. The van der Waals surface area contributed by atoms with Crippen LogP contribution in [0.3, 0.4) is 0 Å². The van der Waals surface area contributed by atoms with E-state index in [2.05, 4.69) is 19.6 Å². The fourth-order valence-corrected chi connectivity index (χ4v) is 4.88. The van der Waals surface area contributed by atoms with Gasteiger partial charge in [-0.15, -0.1) is 0 Å². The Kier molecular flexibility index (Phi) is 6.43. The van der Waals surface area contributed by atoms with E-state index in [0.717, 1.165) is 14.7 Å². The van der Waals surface area contributed by atoms with Gasteiger partial charge in [-0.05, 0) is 0 Å². The van der Waals surface area contributed by atoms with Crippen LogP contribution in [0.5, 0.6) is 5.75 Å². The van der Waals surface area contributed by atoms with E-state index in [0.29, 0.717) is 37.7 Å². The van der Waals surface area contributed by atoms with Crippen LogP contribution in [-0.2, 0) is 4.74 Å². The minimum absolute atomic E-state index is 0.263. The maximum absolute atomic E-state index is 13.3. The van der Waals surface area contributed by atoms with E-state index in [9.17, 15) is 17.6 Å². The topological polar surface area (TPSA) is 47.5 Å². The van der Waals surface area contributed by atoms with Crippen LogP contribution >= 0.6 is 0 Å². The fraction of sp³-hybridized carbons (Fsp3) is 0.238. The number of benzene rings is 2. The zero-order valence-electron chi connectivity index (χ0n) is 16.1. The molecule has 0 aliphatic carbocycles. The average Bonchev–Trinajstić information content (AvgIpc) is 2.75. The molecule has 0 spiro atoms. The van der Waals surface area contributed by atoms with Gasteiger partial charge in [0.25, 0.3) is 0 Å². The molecule has 5 nitrogen and oxygen atoms in total. The number of hydrogen-bond acceptors (Lipinski definition) is 5. The SMILES string of the molecule is Fc1ccc(-c2nc([As]c3ccc(OC(F)(F)F)cc3)cc(N3CCOCC3)n2)cc1. The molecule has 0 atom stereocenters. The zero-order chi connectivity index (χ0) is 21.8. The molecule has 1 radical (unpaired) electrons. The van der Waals surface area contributed by atoms with Crippen molar-refractivity contribution < 1.29 is 27.0 Å². The molecule has 3 aromatic rings. The summed E-state index contributed by atoms with van der Waals surface area (Å²) in [6, 6.07) is 13.7. The van der Waals surface area contributed by atoms with Crippen molar-refractivity contribution in [2.45, 2.75) is 6.36 Å². The molecule has 1 saturated heterocycles.